The Morgan fingerprint density at radius 3 is 1.53 bits per heavy atom. The third-order valence-corrected chi connectivity index (χ3v) is 8.50. The Kier molecular flexibility index (Phi) is 13.8. The smallest absolute Gasteiger partial charge is 0.331 e. The van der Waals surface area contributed by atoms with Gasteiger partial charge in [0.1, 0.15) is 0 Å². The highest BCUT2D eigenvalue weighted by molar-refractivity contribution is 5.13. The van der Waals surface area contributed by atoms with E-state index in [9.17, 15) is 9.59 Å². The summed E-state index contributed by atoms with van der Waals surface area (Å²) in [6, 6.07) is 0. The maximum absolute atomic E-state index is 13.0. The van der Waals surface area contributed by atoms with Crippen molar-refractivity contribution in [2.45, 2.75) is 93.2 Å². The lowest BCUT2D eigenvalue weighted by Crippen LogP contribution is -2.48. The highest BCUT2D eigenvalue weighted by atomic mass is 16.5. The Labute approximate surface area is 208 Å². The van der Waals surface area contributed by atoms with Crippen molar-refractivity contribution in [1.82, 2.24) is 9.13 Å². The van der Waals surface area contributed by atoms with Crippen LogP contribution in [0.4, 0.5) is 0 Å². The van der Waals surface area contributed by atoms with Crippen LogP contribution in [0.5, 0.6) is 5.75 Å². The van der Waals surface area contributed by atoms with E-state index in [2.05, 4.69) is 41.5 Å². The van der Waals surface area contributed by atoms with E-state index >= 15 is 0 Å². The molecule has 0 aliphatic carbocycles. The largest absolute Gasteiger partial charge is 0.490 e. The molecule has 0 aromatic carbocycles. The summed E-state index contributed by atoms with van der Waals surface area (Å²) in [6.45, 7) is 24.0. The molecule has 1 heterocycles. The van der Waals surface area contributed by atoms with Crippen LogP contribution in [0.15, 0.2) is 15.8 Å². The Morgan fingerprint density at radius 1 is 0.676 bits per heavy atom. The lowest BCUT2D eigenvalue weighted by atomic mass is 10.2. The van der Waals surface area contributed by atoms with Crippen molar-refractivity contribution >= 4 is 0 Å². The van der Waals surface area contributed by atoms with E-state index in [0.29, 0.717) is 13.1 Å². The van der Waals surface area contributed by atoms with Crippen LogP contribution < -0.4 is 16.0 Å². The van der Waals surface area contributed by atoms with Crippen molar-refractivity contribution < 1.29 is 13.7 Å². The van der Waals surface area contributed by atoms with Crippen molar-refractivity contribution in [3.05, 3.63) is 27.0 Å². The lowest BCUT2D eigenvalue weighted by molar-refractivity contribution is -0.923. The molecule has 7 heteroatoms. The molecule has 0 aliphatic heterocycles. The summed E-state index contributed by atoms with van der Waals surface area (Å²) in [6.07, 6.45) is 7.76. The van der Waals surface area contributed by atoms with Crippen LogP contribution in [-0.4, -0.2) is 77.6 Å². The average Bonchev–Trinajstić information content (AvgIpc) is 2.87. The third-order valence-electron chi connectivity index (χ3n) is 8.50. The van der Waals surface area contributed by atoms with E-state index in [1.54, 1.807) is 10.8 Å². The second kappa shape index (κ2) is 15.4. The van der Waals surface area contributed by atoms with Gasteiger partial charge in [0.25, 0.3) is 5.56 Å². The summed E-state index contributed by atoms with van der Waals surface area (Å²) in [7, 11) is 1.51. The first-order valence-corrected chi connectivity index (χ1v) is 13.9. The summed E-state index contributed by atoms with van der Waals surface area (Å²) >= 11 is 0. The zero-order valence-electron chi connectivity index (χ0n) is 23.4. The number of unbranched alkanes of at least 4 members (excludes halogenated alkanes) is 4. The van der Waals surface area contributed by atoms with Crippen LogP contribution in [0.25, 0.3) is 0 Å². The van der Waals surface area contributed by atoms with Gasteiger partial charge in [0.2, 0.25) is 5.75 Å². The second-order valence-electron chi connectivity index (χ2n) is 9.78. The van der Waals surface area contributed by atoms with E-state index in [1.807, 2.05) is 0 Å². The molecule has 7 nitrogen and oxygen atoms in total. The zero-order valence-corrected chi connectivity index (χ0v) is 23.4. The number of methoxy groups -OCH3 is 1. The maximum atomic E-state index is 13.0. The Morgan fingerprint density at radius 2 is 1.12 bits per heavy atom. The number of ether oxygens (including phenoxy) is 1. The molecule has 0 spiro atoms. The normalized spacial score (nSPS) is 12.3. The van der Waals surface area contributed by atoms with Crippen LogP contribution in [0, 0.1) is 0 Å². The number of hydrogen-bond acceptors (Lipinski definition) is 3. The van der Waals surface area contributed by atoms with E-state index in [0.717, 1.165) is 73.7 Å². The SMILES string of the molecule is CC[N+](CC)(CC)CCCCCn1cc(OC)c(=O)n(CCCCC[N+](CC)(CC)CC)c1=O. The molecule has 0 aliphatic rings. The van der Waals surface area contributed by atoms with Gasteiger partial charge in [-0.15, -0.1) is 0 Å². The van der Waals surface area contributed by atoms with Gasteiger partial charge in [0.05, 0.1) is 65.7 Å². The molecule has 0 saturated carbocycles. The molecule has 0 unspecified atom stereocenters. The van der Waals surface area contributed by atoms with Crippen LogP contribution in [-0.2, 0) is 13.1 Å². The first kappa shape index (κ1) is 30.4. The highest BCUT2D eigenvalue weighted by Crippen LogP contribution is 2.12. The summed E-state index contributed by atoms with van der Waals surface area (Å²) in [4.78, 5) is 25.8. The van der Waals surface area contributed by atoms with Crippen molar-refractivity contribution in [3.8, 4) is 5.75 Å². The summed E-state index contributed by atoms with van der Waals surface area (Å²) in [5, 5.41) is 0. The van der Waals surface area contributed by atoms with Gasteiger partial charge < -0.3 is 13.7 Å². The van der Waals surface area contributed by atoms with Gasteiger partial charge in [-0.25, -0.2) is 4.79 Å². The standard InChI is InChI=1S/C27H54N4O3/c1-8-30(9-2,10-3)22-18-14-16-20-28-24-25(34-7)26(32)29(27(28)33)21-17-15-19-23-31(11-4,12-5)13-6/h24H,8-23H2,1-7H3/q+2. The van der Waals surface area contributed by atoms with E-state index in [4.69, 9.17) is 4.74 Å². The van der Waals surface area contributed by atoms with Crippen LogP contribution >= 0.6 is 0 Å². The fourth-order valence-electron chi connectivity index (χ4n) is 5.21. The molecule has 0 atom stereocenters. The zero-order chi connectivity index (χ0) is 25.6. The minimum Gasteiger partial charge on any atom is -0.490 e. The Balaban J connectivity index is 2.71. The maximum Gasteiger partial charge on any atom is 0.331 e. The van der Waals surface area contributed by atoms with Crippen LogP contribution in [0.1, 0.15) is 80.1 Å². The van der Waals surface area contributed by atoms with Gasteiger partial charge >= 0.3 is 5.69 Å². The van der Waals surface area contributed by atoms with E-state index in [-0.39, 0.29) is 17.0 Å². The fourth-order valence-corrected chi connectivity index (χ4v) is 5.21. The average molecular weight is 483 g/mol. The molecule has 0 bridgehead atoms. The quantitative estimate of drug-likeness (QED) is 0.220. The van der Waals surface area contributed by atoms with Gasteiger partial charge in [-0.05, 0) is 80.1 Å². The second-order valence-corrected chi connectivity index (χ2v) is 9.78. The fraction of sp³-hybridized carbons (Fsp3) is 0.852. The van der Waals surface area contributed by atoms with Crippen molar-refractivity contribution in [2.75, 3.05) is 59.5 Å². The number of nitrogens with zero attached hydrogens (tertiary/aromatic N) is 4. The monoisotopic (exact) mass is 482 g/mol. The van der Waals surface area contributed by atoms with Gasteiger partial charge in [0, 0.05) is 13.1 Å². The molecule has 1 aromatic heterocycles. The number of aryl methyl sites for hydroxylation is 1. The summed E-state index contributed by atoms with van der Waals surface area (Å²) in [5.41, 5.74) is -0.507. The molecule has 1 aromatic rings. The van der Waals surface area contributed by atoms with Crippen molar-refractivity contribution in [3.63, 3.8) is 0 Å². The number of quaternary nitrogens is 2. The minimum absolute atomic E-state index is 0.201. The molecule has 1 rings (SSSR count). The molecule has 0 amide bonds. The molecular formula is C27H54N4O3+2. The van der Waals surface area contributed by atoms with Crippen LogP contribution in [0.2, 0.25) is 0 Å². The van der Waals surface area contributed by atoms with Crippen LogP contribution in [0.3, 0.4) is 0 Å². The summed E-state index contributed by atoms with van der Waals surface area (Å²) in [5.74, 6) is 0.261. The molecule has 0 fully saturated rings. The number of aromatic nitrogens is 2. The summed E-state index contributed by atoms with van der Waals surface area (Å²) < 4.78 is 10.7. The van der Waals surface area contributed by atoms with Gasteiger partial charge in [-0.1, -0.05) is 0 Å². The first-order chi connectivity index (χ1) is 16.3. The Hall–Kier alpha value is -1.60. The van der Waals surface area contributed by atoms with Crippen molar-refractivity contribution in [2.24, 2.45) is 0 Å². The first-order valence-electron chi connectivity index (χ1n) is 13.9. The number of hydrogen-bond donors (Lipinski definition) is 0. The number of rotatable bonds is 19. The lowest BCUT2D eigenvalue weighted by Gasteiger charge is -2.35. The molecule has 0 N–H and O–H groups in total. The minimum atomic E-state index is -0.305. The molecule has 0 radical (unpaired) electrons. The molecular weight excluding hydrogens is 428 g/mol. The predicted octanol–water partition coefficient (Wildman–Crippen LogP) is 4.11. The third kappa shape index (κ3) is 8.26. The van der Waals surface area contributed by atoms with Crippen molar-refractivity contribution in [1.29, 1.82) is 0 Å². The topological polar surface area (TPSA) is 53.2 Å². The molecule has 0 saturated heterocycles. The highest BCUT2D eigenvalue weighted by Gasteiger charge is 2.20. The van der Waals surface area contributed by atoms with Gasteiger partial charge in [-0.3, -0.25) is 13.9 Å². The molecule has 34 heavy (non-hydrogen) atoms. The van der Waals surface area contributed by atoms with Gasteiger partial charge in [0.15, 0.2) is 0 Å². The van der Waals surface area contributed by atoms with E-state index < -0.39 is 0 Å². The molecule has 198 valence electrons. The Bertz CT molecular complexity index is 791. The van der Waals surface area contributed by atoms with Gasteiger partial charge in [-0.2, -0.15) is 0 Å². The van der Waals surface area contributed by atoms with E-state index in [1.165, 1.54) is 37.9 Å². The predicted molar refractivity (Wildman–Crippen MR) is 143 cm³/mol.